The zero-order valence-electron chi connectivity index (χ0n) is 10.4. The number of nitriles is 1. The third-order valence-corrected chi connectivity index (χ3v) is 2.62. The molecule has 7 heteroatoms. The zero-order chi connectivity index (χ0) is 15.4. The van der Waals surface area contributed by atoms with E-state index in [4.69, 9.17) is 10.00 Å². The number of nitro benzene ring substituents is 1. The van der Waals surface area contributed by atoms with Crippen LogP contribution in [0.1, 0.15) is 15.9 Å². The molecule has 0 saturated heterocycles. The lowest BCUT2D eigenvalue weighted by molar-refractivity contribution is -0.385. The molecule has 2 aromatic carbocycles. The van der Waals surface area contributed by atoms with Gasteiger partial charge in [-0.2, -0.15) is 5.26 Å². The Morgan fingerprint density at radius 1 is 1.24 bits per heavy atom. The molecule has 0 radical (unpaired) electrons. The van der Waals surface area contributed by atoms with E-state index in [-0.39, 0.29) is 28.3 Å². The summed E-state index contributed by atoms with van der Waals surface area (Å²) in [5.41, 5.74) is -0.616. The van der Waals surface area contributed by atoms with Crippen molar-refractivity contribution < 1.29 is 18.8 Å². The van der Waals surface area contributed by atoms with Crippen molar-refractivity contribution in [1.82, 2.24) is 0 Å². The van der Waals surface area contributed by atoms with Crippen LogP contribution in [0.3, 0.4) is 0 Å². The predicted octanol–water partition coefficient (Wildman–Crippen LogP) is 3.21. The van der Waals surface area contributed by atoms with Gasteiger partial charge in [-0.3, -0.25) is 14.9 Å². The molecule has 0 N–H and O–H groups in total. The molecule has 104 valence electrons. The average molecular weight is 286 g/mol. The summed E-state index contributed by atoms with van der Waals surface area (Å²) in [6.45, 7) is 0. The van der Waals surface area contributed by atoms with Gasteiger partial charge in [-0.05, 0) is 24.3 Å². The minimum atomic E-state index is -0.743. The summed E-state index contributed by atoms with van der Waals surface area (Å²) in [5.74, 6) is -0.489. The Kier molecular flexibility index (Phi) is 3.90. The van der Waals surface area contributed by atoms with Crippen LogP contribution in [0.4, 0.5) is 10.1 Å². The first-order valence-electron chi connectivity index (χ1n) is 5.66. The lowest BCUT2D eigenvalue weighted by Gasteiger charge is -2.06. The number of hydrogen-bond donors (Lipinski definition) is 0. The first-order valence-corrected chi connectivity index (χ1v) is 5.66. The first-order chi connectivity index (χ1) is 10.0. The third-order valence-electron chi connectivity index (χ3n) is 2.62. The van der Waals surface area contributed by atoms with Crippen LogP contribution >= 0.6 is 0 Å². The van der Waals surface area contributed by atoms with Crippen LogP contribution in [0.2, 0.25) is 0 Å². The Morgan fingerprint density at radius 2 is 1.90 bits per heavy atom. The summed E-state index contributed by atoms with van der Waals surface area (Å²) in [6, 6.07) is 8.91. The van der Waals surface area contributed by atoms with Crippen LogP contribution < -0.4 is 4.74 Å². The van der Waals surface area contributed by atoms with Gasteiger partial charge in [0.2, 0.25) is 0 Å². The molecule has 21 heavy (non-hydrogen) atoms. The maximum atomic E-state index is 13.4. The minimum Gasteiger partial charge on any atom is -0.457 e. The number of hydrogen-bond acceptors (Lipinski definition) is 5. The molecule has 0 aromatic heterocycles. The maximum absolute atomic E-state index is 13.4. The summed E-state index contributed by atoms with van der Waals surface area (Å²) >= 11 is 0. The molecular formula is C14H7FN2O4. The van der Waals surface area contributed by atoms with Gasteiger partial charge in [0.25, 0.3) is 5.69 Å². The van der Waals surface area contributed by atoms with Crippen LogP contribution in [0, 0.1) is 27.3 Å². The number of nitro groups is 1. The SMILES string of the molecule is N#Cc1ccc(Oc2ccc([N+](=O)[O-])c(C=O)c2)cc1F. The summed E-state index contributed by atoms with van der Waals surface area (Å²) < 4.78 is 18.7. The number of ether oxygens (including phenoxy) is 1. The van der Waals surface area contributed by atoms with Crippen molar-refractivity contribution in [2.45, 2.75) is 0 Å². The highest BCUT2D eigenvalue weighted by atomic mass is 19.1. The smallest absolute Gasteiger partial charge is 0.280 e. The molecule has 0 unspecified atom stereocenters. The lowest BCUT2D eigenvalue weighted by atomic mass is 10.2. The molecule has 0 amide bonds. The number of halogens is 1. The van der Waals surface area contributed by atoms with Gasteiger partial charge < -0.3 is 4.74 Å². The third kappa shape index (κ3) is 3.01. The van der Waals surface area contributed by atoms with Gasteiger partial charge in [0.05, 0.1) is 16.1 Å². The van der Waals surface area contributed by atoms with Crippen LogP contribution in [0.15, 0.2) is 36.4 Å². The Hall–Kier alpha value is -3.27. The number of carbonyl (C=O) groups excluding carboxylic acids is 1. The zero-order valence-corrected chi connectivity index (χ0v) is 10.4. The molecule has 0 bridgehead atoms. The fourth-order valence-corrected chi connectivity index (χ4v) is 1.64. The molecule has 0 aliphatic carbocycles. The van der Waals surface area contributed by atoms with Crippen LogP contribution in [0.25, 0.3) is 0 Å². The Bertz CT molecular complexity index is 768. The first kappa shape index (κ1) is 14.1. The highest BCUT2D eigenvalue weighted by molar-refractivity contribution is 5.82. The second kappa shape index (κ2) is 5.79. The van der Waals surface area contributed by atoms with Crippen molar-refractivity contribution in [3.05, 3.63) is 63.5 Å². The molecule has 6 nitrogen and oxygen atoms in total. The summed E-state index contributed by atoms with van der Waals surface area (Å²) in [6.07, 6.45) is 0.338. The molecule has 0 spiro atoms. The number of aldehydes is 1. The van der Waals surface area contributed by atoms with E-state index in [1.54, 1.807) is 6.07 Å². The summed E-state index contributed by atoms with van der Waals surface area (Å²) in [5, 5.41) is 19.3. The lowest BCUT2D eigenvalue weighted by Crippen LogP contribution is -1.95. The fourth-order valence-electron chi connectivity index (χ4n) is 1.64. The van der Waals surface area contributed by atoms with Crippen molar-refractivity contribution in [1.29, 1.82) is 5.26 Å². The Balaban J connectivity index is 2.32. The summed E-state index contributed by atoms with van der Waals surface area (Å²) in [7, 11) is 0. The van der Waals surface area contributed by atoms with Crippen molar-refractivity contribution in [3.8, 4) is 17.6 Å². The quantitative estimate of drug-likeness (QED) is 0.488. The molecule has 0 heterocycles. The van der Waals surface area contributed by atoms with Gasteiger partial charge >= 0.3 is 0 Å². The van der Waals surface area contributed by atoms with Crippen LogP contribution in [0.5, 0.6) is 11.5 Å². The van der Waals surface area contributed by atoms with Crippen LogP contribution in [-0.2, 0) is 0 Å². The second-order valence-corrected chi connectivity index (χ2v) is 3.95. The highest BCUT2D eigenvalue weighted by Gasteiger charge is 2.14. The van der Waals surface area contributed by atoms with E-state index >= 15 is 0 Å². The topological polar surface area (TPSA) is 93.2 Å². The Labute approximate surface area is 118 Å². The highest BCUT2D eigenvalue weighted by Crippen LogP contribution is 2.27. The van der Waals surface area contributed by atoms with E-state index in [2.05, 4.69) is 0 Å². The number of rotatable bonds is 4. The van der Waals surface area contributed by atoms with E-state index in [9.17, 15) is 19.3 Å². The normalized spacial score (nSPS) is 9.71. The molecule has 0 aliphatic heterocycles. The van der Waals surface area contributed by atoms with Gasteiger partial charge in [0.1, 0.15) is 23.4 Å². The molecule has 0 aliphatic rings. The van der Waals surface area contributed by atoms with Crippen molar-refractivity contribution in [3.63, 3.8) is 0 Å². The average Bonchev–Trinajstić information content (AvgIpc) is 2.47. The van der Waals surface area contributed by atoms with Gasteiger partial charge in [0, 0.05) is 12.1 Å². The number of nitrogens with zero attached hydrogens (tertiary/aromatic N) is 2. The minimum absolute atomic E-state index is 0.109. The summed E-state index contributed by atoms with van der Waals surface area (Å²) in [4.78, 5) is 20.8. The maximum Gasteiger partial charge on any atom is 0.280 e. The molecule has 0 atom stereocenters. The van der Waals surface area contributed by atoms with Crippen LogP contribution in [-0.4, -0.2) is 11.2 Å². The molecule has 2 rings (SSSR count). The van der Waals surface area contributed by atoms with Gasteiger partial charge in [-0.15, -0.1) is 0 Å². The fraction of sp³-hybridized carbons (Fsp3) is 0. The molecule has 0 saturated carbocycles. The van der Waals surface area contributed by atoms with Crippen molar-refractivity contribution in [2.24, 2.45) is 0 Å². The van der Waals surface area contributed by atoms with Crippen molar-refractivity contribution >= 4 is 12.0 Å². The van der Waals surface area contributed by atoms with E-state index in [1.165, 1.54) is 24.3 Å². The van der Waals surface area contributed by atoms with Gasteiger partial charge in [-0.25, -0.2) is 4.39 Å². The van der Waals surface area contributed by atoms with Gasteiger partial charge in [0.15, 0.2) is 6.29 Å². The standard InChI is InChI=1S/C14H7FN2O4/c15-13-6-12(2-1-9(13)7-16)21-11-3-4-14(17(19)20)10(5-11)8-18/h1-6,8H. The van der Waals surface area contributed by atoms with Gasteiger partial charge in [-0.1, -0.05) is 0 Å². The largest absolute Gasteiger partial charge is 0.457 e. The monoisotopic (exact) mass is 286 g/mol. The van der Waals surface area contributed by atoms with Crippen molar-refractivity contribution in [2.75, 3.05) is 0 Å². The molecule has 2 aromatic rings. The number of benzene rings is 2. The predicted molar refractivity (Wildman–Crippen MR) is 69.7 cm³/mol. The van der Waals surface area contributed by atoms with E-state index < -0.39 is 10.7 Å². The molecule has 0 fully saturated rings. The molecular weight excluding hydrogens is 279 g/mol. The van der Waals surface area contributed by atoms with E-state index in [0.29, 0.717) is 6.29 Å². The second-order valence-electron chi connectivity index (χ2n) is 3.95. The number of carbonyl (C=O) groups is 1. The Morgan fingerprint density at radius 3 is 2.48 bits per heavy atom. The van der Waals surface area contributed by atoms with E-state index in [1.807, 2.05) is 0 Å². The van der Waals surface area contributed by atoms with E-state index in [0.717, 1.165) is 12.1 Å².